The molecule has 0 aromatic carbocycles. The van der Waals surface area contributed by atoms with Crippen LogP contribution >= 0.6 is 0 Å². The van der Waals surface area contributed by atoms with Crippen LogP contribution in [-0.2, 0) is 9.57 Å². The lowest BCUT2D eigenvalue weighted by Gasteiger charge is -2.01. The fourth-order valence-corrected chi connectivity index (χ4v) is 1.41. The Morgan fingerprint density at radius 3 is 3.08 bits per heavy atom. The van der Waals surface area contributed by atoms with Crippen LogP contribution in [0, 0.1) is 5.92 Å². The second-order valence-electron chi connectivity index (χ2n) is 3.86. The first-order valence-corrected chi connectivity index (χ1v) is 5.20. The number of hydrogen-bond donors (Lipinski definition) is 0. The topological polar surface area (TPSA) is 30.8 Å². The minimum atomic E-state index is 0.798. The van der Waals surface area contributed by atoms with E-state index in [0.29, 0.717) is 0 Å². The summed E-state index contributed by atoms with van der Waals surface area (Å²) in [7, 11) is 0. The van der Waals surface area contributed by atoms with Crippen LogP contribution in [0.4, 0.5) is 0 Å². The Balaban J connectivity index is 1.68. The Morgan fingerprint density at radius 1 is 1.31 bits per heavy atom. The summed E-state index contributed by atoms with van der Waals surface area (Å²) in [5.41, 5.74) is 1.18. The van der Waals surface area contributed by atoms with Gasteiger partial charge < -0.3 is 9.57 Å². The van der Waals surface area contributed by atoms with Gasteiger partial charge in [-0.25, -0.2) is 0 Å². The summed E-state index contributed by atoms with van der Waals surface area (Å²) < 4.78 is 5.33. The average molecular weight is 183 g/mol. The fraction of sp³-hybridized carbons (Fsp3) is 0.900. The van der Waals surface area contributed by atoms with Gasteiger partial charge in [-0.3, -0.25) is 0 Å². The Hall–Kier alpha value is -0.570. The minimum absolute atomic E-state index is 0.798. The second kappa shape index (κ2) is 4.61. The van der Waals surface area contributed by atoms with Gasteiger partial charge in [-0.1, -0.05) is 5.16 Å². The van der Waals surface area contributed by atoms with Crippen molar-refractivity contribution < 1.29 is 9.57 Å². The van der Waals surface area contributed by atoms with Gasteiger partial charge in [0, 0.05) is 13.0 Å². The van der Waals surface area contributed by atoms with Crippen molar-refractivity contribution in [1.29, 1.82) is 0 Å². The van der Waals surface area contributed by atoms with Gasteiger partial charge in [-0.05, 0) is 31.6 Å². The SMILES string of the molecule is C1COCC/C(=N\OCC2CC2)C1. The fourth-order valence-electron chi connectivity index (χ4n) is 1.41. The van der Waals surface area contributed by atoms with Crippen molar-refractivity contribution in [2.75, 3.05) is 19.8 Å². The van der Waals surface area contributed by atoms with Crippen molar-refractivity contribution in [2.24, 2.45) is 11.1 Å². The maximum atomic E-state index is 5.33. The van der Waals surface area contributed by atoms with Crippen LogP contribution in [0.5, 0.6) is 0 Å². The van der Waals surface area contributed by atoms with Crippen LogP contribution in [0.25, 0.3) is 0 Å². The molecule has 2 aliphatic rings. The largest absolute Gasteiger partial charge is 0.396 e. The minimum Gasteiger partial charge on any atom is -0.396 e. The highest BCUT2D eigenvalue weighted by Gasteiger charge is 2.21. The summed E-state index contributed by atoms with van der Waals surface area (Å²) in [5, 5.41) is 4.16. The first kappa shape index (κ1) is 9.00. The Kier molecular flexibility index (Phi) is 3.19. The molecule has 1 saturated heterocycles. The van der Waals surface area contributed by atoms with Crippen LogP contribution in [0.2, 0.25) is 0 Å². The highest BCUT2D eigenvalue weighted by molar-refractivity contribution is 5.84. The van der Waals surface area contributed by atoms with Gasteiger partial charge in [0.1, 0.15) is 6.61 Å². The molecular weight excluding hydrogens is 166 g/mol. The first-order valence-electron chi connectivity index (χ1n) is 5.20. The zero-order valence-corrected chi connectivity index (χ0v) is 8.00. The van der Waals surface area contributed by atoms with Gasteiger partial charge in [0.2, 0.25) is 0 Å². The molecule has 3 heteroatoms. The third-order valence-corrected chi connectivity index (χ3v) is 2.49. The summed E-state index contributed by atoms with van der Waals surface area (Å²) in [4.78, 5) is 5.28. The van der Waals surface area contributed by atoms with Gasteiger partial charge in [-0.15, -0.1) is 0 Å². The summed E-state index contributed by atoms with van der Waals surface area (Å²) in [6.45, 7) is 2.51. The van der Waals surface area contributed by atoms with Crippen molar-refractivity contribution in [3.63, 3.8) is 0 Å². The molecule has 2 fully saturated rings. The zero-order valence-electron chi connectivity index (χ0n) is 8.00. The average Bonchev–Trinajstić information content (AvgIpc) is 2.91. The maximum absolute atomic E-state index is 5.33. The molecule has 1 aliphatic carbocycles. The molecule has 3 nitrogen and oxygen atoms in total. The van der Waals surface area contributed by atoms with E-state index in [1.165, 1.54) is 18.6 Å². The van der Waals surface area contributed by atoms with E-state index in [0.717, 1.165) is 45.0 Å². The Morgan fingerprint density at radius 2 is 2.23 bits per heavy atom. The van der Waals surface area contributed by atoms with E-state index in [1.807, 2.05) is 0 Å². The van der Waals surface area contributed by atoms with E-state index >= 15 is 0 Å². The Labute approximate surface area is 79.1 Å². The Bertz CT molecular complexity index is 177. The lowest BCUT2D eigenvalue weighted by Crippen LogP contribution is -2.01. The van der Waals surface area contributed by atoms with Crippen LogP contribution in [0.3, 0.4) is 0 Å². The lowest BCUT2D eigenvalue weighted by atomic mass is 10.2. The molecule has 0 N–H and O–H groups in total. The van der Waals surface area contributed by atoms with Crippen molar-refractivity contribution in [2.45, 2.75) is 32.1 Å². The molecule has 0 atom stereocenters. The molecule has 13 heavy (non-hydrogen) atoms. The van der Waals surface area contributed by atoms with E-state index in [9.17, 15) is 0 Å². The van der Waals surface area contributed by atoms with Crippen molar-refractivity contribution in [3.8, 4) is 0 Å². The van der Waals surface area contributed by atoms with E-state index in [1.54, 1.807) is 0 Å². The molecule has 0 spiro atoms. The van der Waals surface area contributed by atoms with Crippen molar-refractivity contribution in [1.82, 2.24) is 0 Å². The smallest absolute Gasteiger partial charge is 0.120 e. The predicted molar refractivity (Wildman–Crippen MR) is 50.8 cm³/mol. The first-order chi connectivity index (χ1) is 6.45. The number of hydrogen-bond acceptors (Lipinski definition) is 3. The maximum Gasteiger partial charge on any atom is 0.120 e. The monoisotopic (exact) mass is 183 g/mol. The van der Waals surface area contributed by atoms with Crippen LogP contribution < -0.4 is 0 Å². The van der Waals surface area contributed by atoms with Gasteiger partial charge in [-0.2, -0.15) is 0 Å². The van der Waals surface area contributed by atoms with Crippen LogP contribution in [-0.4, -0.2) is 25.5 Å². The summed E-state index contributed by atoms with van der Waals surface area (Å²) in [6.07, 6.45) is 5.74. The molecule has 2 rings (SSSR count). The third-order valence-electron chi connectivity index (χ3n) is 2.49. The quantitative estimate of drug-likeness (QED) is 0.626. The van der Waals surface area contributed by atoms with Gasteiger partial charge >= 0.3 is 0 Å². The molecule has 0 radical (unpaired) electrons. The molecular formula is C10H17NO2. The predicted octanol–water partition coefficient (Wildman–Crippen LogP) is 1.97. The third kappa shape index (κ3) is 3.35. The summed E-state index contributed by atoms with van der Waals surface area (Å²) in [6, 6.07) is 0. The van der Waals surface area contributed by atoms with E-state index in [2.05, 4.69) is 5.16 Å². The molecule has 0 bridgehead atoms. The second-order valence-corrected chi connectivity index (χ2v) is 3.86. The van der Waals surface area contributed by atoms with E-state index in [-0.39, 0.29) is 0 Å². The van der Waals surface area contributed by atoms with Gasteiger partial charge in [0.25, 0.3) is 0 Å². The summed E-state index contributed by atoms with van der Waals surface area (Å²) in [5.74, 6) is 0.798. The number of ether oxygens (including phenoxy) is 1. The molecule has 1 saturated carbocycles. The molecule has 74 valence electrons. The highest BCUT2D eigenvalue weighted by atomic mass is 16.6. The van der Waals surface area contributed by atoms with Crippen LogP contribution in [0.15, 0.2) is 5.16 Å². The van der Waals surface area contributed by atoms with Crippen molar-refractivity contribution in [3.05, 3.63) is 0 Å². The molecule has 0 amide bonds. The molecule has 0 aromatic rings. The van der Waals surface area contributed by atoms with Crippen molar-refractivity contribution >= 4 is 5.71 Å². The molecule has 0 unspecified atom stereocenters. The number of oxime groups is 1. The highest BCUT2D eigenvalue weighted by Crippen LogP contribution is 2.28. The van der Waals surface area contributed by atoms with E-state index < -0.39 is 0 Å². The number of rotatable bonds is 3. The molecule has 1 aliphatic heterocycles. The zero-order chi connectivity index (χ0) is 8.93. The number of nitrogens with zero attached hydrogens (tertiary/aromatic N) is 1. The standard InChI is InChI=1S/C10H17NO2/c1-2-10(5-7-12-6-1)11-13-8-9-3-4-9/h9H,1-8H2/b11-10-. The van der Waals surface area contributed by atoms with Gasteiger partial charge in [0.15, 0.2) is 0 Å². The molecule has 0 aromatic heterocycles. The normalized spacial score (nSPS) is 27.2. The lowest BCUT2D eigenvalue weighted by molar-refractivity contribution is 0.131. The molecule has 1 heterocycles. The van der Waals surface area contributed by atoms with E-state index in [4.69, 9.17) is 9.57 Å². The van der Waals surface area contributed by atoms with Gasteiger partial charge in [0.05, 0.1) is 12.3 Å². The van der Waals surface area contributed by atoms with Crippen LogP contribution in [0.1, 0.15) is 32.1 Å². The summed E-state index contributed by atoms with van der Waals surface area (Å²) >= 11 is 0.